The van der Waals surface area contributed by atoms with Gasteiger partial charge in [-0.05, 0) is 19.4 Å². The number of nitrogens with zero attached hydrogens (tertiary/aromatic N) is 1. The van der Waals surface area contributed by atoms with Gasteiger partial charge in [-0.25, -0.2) is 0 Å². The maximum Gasteiger partial charge on any atom is 0.323 e. The van der Waals surface area contributed by atoms with Crippen molar-refractivity contribution in [3.63, 3.8) is 0 Å². The van der Waals surface area contributed by atoms with E-state index in [9.17, 15) is 20.0 Å². The van der Waals surface area contributed by atoms with E-state index < -0.39 is 16.4 Å². The first kappa shape index (κ1) is 16.9. The van der Waals surface area contributed by atoms with Crippen LogP contribution in [0, 0.1) is 10.1 Å². The number of methoxy groups -OCH3 is 1. The average molecular weight is 296 g/mol. The molecule has 0 aliphatic carbocycles. The van der Waals surface area contributed by atoms with Crippen LogP contribution in [0.1, 0.15) is 32.3 Å². The van der Waals surface area contributed by atoms with E-state index in [2.05, 4.69) is 5.32 Å². The zero-order valence-electron chi connectivity index (χ0n) is 12.4. The molecule has 1 aromatic carbocycles. The third-order valence-corrected chi connectivity index (χ3v) is 3.37. The molecule has 0 amide bonds. The summed E-state index contributed by atoms with van der Waals surface area (Å²) in [5.41, 5.74) is -0.583. The predicted molar refractivity (Wildman–Crippen MR) is 77.4 cm³/mol. The third-order valence-electron chi connectivity index (χ3n) is 3.37. The molecule has 1 atom stereocenters. The lowest BCUT2D eigenvalue weighted by molar-refractivity contribution is -0.384. The fourth-order valence-electron chi connectivity index (χ4n) is 2.08. The summed E-state index contributed by atoms with van der Waals surface area (Å²) in [7, 11) is 1.47. The van der Waals surface area contributed by atoms with Gasteiger partial charge in [-0.3, -0.25) is 20.2 Å². The summed E-state index contributed by atoms with van der Waals surface area (Å²) >= 11 is 0. The Morgan fingerprint density at radius 3 is 2.67 bits per heavy atom. The topological polar surface area (TPSA) is 102 Å². The van der Waals surface area contributed by atoms with Gasteiger partial charge in [0.15, 0.2) is 0 Å². The van der Waals surface area contributed by atoms with Gasteiger partial charge in [0, 0.05) is 24.2 Å². The molecule has 0 spiro atoms. The minimum atomic E-state index is -1.08. The van der Waals surface area contributed by atoms with Crippen molar-refractivity contribution in [1.29, 1.82) is 0 Å². The van der Waals surface area contributed by atoms with E-state index in [4.69, 9.17) is 4.74 Å². The van der Waals surface area contributed by atoms with E-state index in [1.54, 1.807) is 6.92 Å². The smallest absolute Gasteiger partial charge is 0.323 e. The second kappa shape index (κ2) is 7.03. The van der Waals surface area contributed by atoms with Crippen LogP contribution >= 0.6 is 0 Å². The lowest BCUT2D eigenvalue weighted by Gasteiger charge is -2.26. The number of carboxylic acid groups (broad SMARTS) is 1. The van der Waals surface area contributed by atoms with E-state index in [1.165, 1.54) is 25.3 Å². The van der Waals surface area contributed by atoms with Crippen LogP contribution in [0.25, 0.3) is 0 Å². The van der Waals surface area contributed by atoms with Crippen molar-refractivity contribution in [2.75, 3.05) is 7.11 Å². The van der Waals surface area contributed by atoms with Crippen molar-refractivity contribution < 1.29 is 19.6 Å². The van der Waals surface area contributed by atoms with Crippen molar-refractivity contribution in [1.82, 2.24) is 5.32 Å². The SMILES string of the molecule is CCCC(C)(NCc1cc([N+](=O)[O-])ccc1OC)C(=O)O. The molecule has 7 heteroatoms. The quantitative estimate of drug-likeness (QED) is 0.564. The fraction of sp³-hybridized carbons (Fsp3) is 0.500. The Morgan fingerprint density at radius 2 is 2.19 bits per heavy atom. The zero-order valence-corrected chi connectivity index (χ0v) is 12.4. The molecule has 116 valence electrons. The number of benzene rings is 1. The minimum Gasteiger partial charge on any atom is -0.496 e. The van der Waals surface area contributed by atoms with Gasteiger partial charge in [0.25, 0.3) is 5.69 Å². The van der Waals surface area contributed by atoms with Gasteiger partial charge >= 0.3 is 5.97 Å². The Bertz CT molecular complexity index is 532. The highest BCUT2D eigenvalue weighted by Crippen LogP contribution is 2.25. The van der Waals surface area contributed by atoms with Gasteiger partial charge < -0.3 is 9.84 Å². The van der Waals surface area contributed by atoms with Gasteiger partial charge in [0.05, 0.1) is 12.0 Å². The number of carbonyl (C=O) groups is 1. The molecule has 0 radical (unpaired) electrons. The van der Waals surface area contributed by atoms with Gasteiger partial charge in [0.2, 0.25) is 0 Å². The zero-order chi connectivity index (χ0) is 16.0. The standard InChI is InChI=1S/C14H20N2O5/c1-4-7-14(2,13(17)18)15-9-10-8-11(16(19)20)5-6-12(10)21-3/h5-6,8,15H,4,7,9H2,1-3H3,(H,17,18). The van der Waals surface area contributed by atoms with Crippen LogP contribution < -0.4 is 10.1 Å². The van der Waals surface area contributed by atoms with Crippen LogP contribution in [0.4, 0.5) is 5.69 Å². The van der Waals surface area contributed by atoms with E-state index in [-0.39, 0.29) is 12.2 Å². The van der Waals surface area contributed by atoms with Crippen molar-refractivity contribution in [3.8, 4) is 5.75 Å². The Balaban J connectivity index is 2.98. The molecule has 0 fully saturated rings. The third kappa shape index (κ3) is 4.16. The van der Waals surface area contributed by atoms with Gasteiger partial charge in [-0.15, -0.1) is 0 Å². The number of hydrogen-bond acceptors (Lipinski definition) is 5. The molecule has 0 saturated carbocycles. The van der Waals surface area contributed by atoms with E-state index >= 15 is 0 Å². The van der Waals surface area contributed by atoms with Gasteiger partial charge in [-0.2, -0.15) is 0 Å². The van der Waals surface area contributed by atoms with Crippen LogP contribution in [0.2, 0.25) is 0 Å². The number of carboxylic acids is 1. The largest absolute Gasteiger partial charge is 0.496 e. The lowest BCUT2D eigenvalue weighted by atomic mass is 9.96. The first-order chi connectivity index (χ1) is 9.84. The molecule has 0 saturated heterocycles. The molecule has 21 heavy (non-hydrogen) atoms. The summed E-state index contributed by atoms with van der Waals surface area (Å²) in [5.74, 6) is -0.467. The van der Waals surface area contributed by atoms with E-state index in [1.807, 2.05) is 6.92 Å². The van der Waals surface area contributed by atoms with Crippen molar-refractivity contribution in [2.24, 2.45) is 0 Å². The van der Waals surface area contributed by atoms with Crippen molar-refractivity contribution >= 4 is 11.7 Å². The maximum absolute atomic E-state index is 11.4. The van der Waals surface area contributed by atoms with E-state index in [0.717, 1.165) is 0 Å². The Kier molecular flexibility index (Phi) is 5.66. The highest BCUT2D eigenvalue weighted by Gasteiger charge is 2.31. The number of non-ortho nitro benzene ring substituents is 1. The molecule has 1 unspecified atom stereocenters. The van der Waals surface area contributed by atoms with Crippen LogP contribution in [-0.4, -0.2) is 28.6 Å². The minimum absolute atomic E-state index is 0.0554. The highest BCUT2D eigenvalue weighted by atomic mass is 16.6. The van der Waals surface area contributed by atoms with Gasteiger partial charge in [-0.1, -0.05) is 13.3 Å². The molecule has 2 N–H and O–H groups in total. The number of ether oxygens (including phenoxy) is 1. The lowest BCUT2D eigenvalue weighted by Crippen LogP contribution is -2.48. The second-order valence-corrected chi connectivity index (χ2v) is 4.99. The molecular formula is C14H20N2O5. The molecule has 1 rings (SSSR count). The summed E-state index contributed by atoms with van der Waals surface area (Å²) in [6.07, 6.45) is 1.17. The first-order valence-corrected chi connectivity index (χ1v) is 6.63. The molecule has 0 heterocycles. The molecular weight excluding hydrogens is 276 g/mol. The average Bonchev–Trinajstić information content (AvgIpc) is 2.44. The summed E-state index contributed by atoms with van der Waals surface area (Å²) in [4.78, 5) is 21.7. The van der Waals surface area contributed by atoms with Crippen molar-refractivity contribution in [3.05, 3.63) is 33.9 Å². The number of hydrogen-bond donors (Lipinski definition) is 2. The summed E-state index contributed by atoms with van der Waals surface area (Å²) in [6.45, 7) is 3.67. The number of nitro groups is 1. The number of nitro benzene ring substituents is 1. The van der Waals surface area contributed by atoms with Gasteiger partial charge in [0.1, 0.15) is 11.3 Å². The van der Waals surface area contributed by atoms with Crippen LogP contribution in [-0.2, 0) is 11.3 Å². The molecule has 0 bridgehead atoms. The fourth-order valence-corrected chi connectivity index (χ4v) is 2.08. The predicted octanol–water partition coefficient (Wildman–Crippen LogP) is 2.34. The summed E-state index contributed by atoms with van der Waals surface area (Å²) < 4.78 is 5.16. The summed E-state index contributed by atoms with van der Waals surface area (Å²) in [5, 5.41) is 23.1. The van der Waals surface area contributed by atoms with Crippen LogP contribution in [0.15, 0.2) is 18.2 Å². The molecule has 0 aliphatic rings. The highest BCUT2D eigenvalue weighted by molar-refractivity contribution is 5.78. The molecule has 0 aromatic heterocycles. The Hall–Kier alpha value is -2.15. The van der Waals surface area contributed by atoms with Crippen LogP contribution in [0.3, 0.4) is 0 Å². The maximum atomic E-state index is 11.4. The summed E-state index contributed by atoms with van der Waals surface area (Å²) in [6, 6.07) is 4.25. The molecule has 1 aromatic rings. The molecule has 0 aliphatic heterocycles. The number of aliphatic carboxylic acids is 1. The number of rotatable bonds is 8. The van der Waals surface area contributed by atoms with Crippen molar-refractivity contribution in [2.45, 2.75) is 38.8 Å². The Labute approximate surface area is 123 Å². The first-order valence-electron chi connectivity index (χ1n) is 6.63. The van der Waals surface area contributed by atoms with Crippen LogP contribution in [0.5, 0.6) is 5.75 Å². The monoisotopic (exact) mass is 296 g/mol. The number of nitrogens with one attached hydrogen (secondary N) is 1. The second-order valence-electron chi connectivity index (χ2n) is 4.99. The Morgan fingerprint density at radius 1 is 1.52 bits per heavy atom. The molecule has 7 nitrogen and oxygen atoms in total. The van der Waals surface area contributed by atoms with E-state index in [0.29, 0.717) is 24.2 Å². The normalized spacial score (nSPS) is 13.5.